The number of methoxy groups -OCH3 is 1. The number of ether oxygens (including phenoxy) is 1. The Hall–Kier alpha value is -2.36. The molecule has 116 valence electrons. The molecular weight excluding hydrogens is 281 g/mol. The third-order valence-electron chi connectivity index (χ3n) is 3.50. The van der Waals surface area contributed by atoms with Gasteiger partial charge >= 0.3 is 0 Å². The second-order valence-electron chi connectivity index (χ2n) is 5.09. The minimum atomic E-state index is -0.456. The van der Waals surface area contributed by atoms with E-state index in [1.165, 1.54) is 24.8 Å². The molecule has 0 fully saturated rings. The van der Waals surface area contributed by atoms with E-state index in [4.69, 9.17) is 4.74 Å². The van der Waals surface area contributed by atoms with Gasteiger partial charge in [-0.05, 0) is 35.2 Å². The average molecular weight is 301 g/mol. The highest BCUT2D eigenvalue weighted by Crippen LogP contribution is 2.17. The molecule has 0 aromatic heterocycles. The number of hydrogen-bond donors (Lipinski definition) is 1. The van der Waals surface area contributed by atoms with Gasteiger partial charge in [-0.15, -0.1) is 0 Å². The Morgan fingerprint density at radius 1 is 1.09 bits per heavy atom. The zero-order valence-electron chi connectivity index (χ0n) is 12.9. The molecule has 0 radical (unpaired) electrons. The lowest BCUT2D eigenvalue weighted by atomic mass is 10.1. The fourth-order valence-electron chi connectivity index (χ4n) is 2.16. The molecule has 0 heterocycles. The smallest absolute Gasteiger partial charge is 0.224 e. The second kappa shape index (κ2) is 7.59. The topological polar surface area (TPSA) is 38.3 Å². The van der Waals surface area contributed by atoms with Crippen LogP contribution in [-0.4, -0.2) is 13.0 Å². The van der Waals surface area contributed by atoms with E-state index < -0.39 is 5.82 Å². The molecule has 0 aliphatic carbocycles. The van der Waals surface area contributed by atoms with E-state index in [0.717, 1.165) is 12.0 Å². The van der Waals surface area contributed by atoms with Crippen molar-refractivity contribution in [1.82, 2.24) is 5.32 Å². The molecule has 1 amide bonds. The van der Waals surface area contributed by atoms with Crippen molar-refractivity contribution >= 4 is 5.91 Å². The molecule has 0 saturated carbocycles. The molecule has 3 nitrogen and oxygen atoms in total. The van der Waals surface area contributed by atoms with Gasteiger partial charge in [-0.1, -0.05) is 37.3 Å². The fourth-order valence-corrected chi connectivity index (χ4v) is 2.16. The first-order valence-corrected chi connectivity index (χ1v) is 7.29. The van der Waals surface area contributed by atoms with Crippen LogP contribution in [-0.2, 0) is 24.2 Å². The number of aryl methyl sites for hydroxylation is 1. The number of amides is 1. The average Bonchev–Trinajstić information content (AvgIpc) is 2.53. The summed E-state index contributed by atoms with van der Waals surface area (Å²) in [5.41, 5.74) is 2.94. The summed E-state index contributed by atoms with van der Waals surface area (Å²) < 4.78 is 18.4. The number of carbonyl (C=O) groups excluding carboxylic acids is 1. The Bertz CT molecular complexity index is 638. The zero-order valence-corrected chi connectivity index (χ0v) is 12.9. The van der Waals surface area contributed by atoms with Gasteiger partial charge in [0.1, 0.15) is 0 Å². The Labute approximate surface area is 130 Å². The lowest BCUT2D eigenvalue weighted by Crippen LogP contribution is -2.24. The maximum Gasteiger partial charge on any atom is 0.224 e. The Morgan fingerprint density at radius 2 is 1.73 bits per heavy atom. The van der Waals surface area contributed by atoms with E-state index in [1.807, 2.05) is 12.1 Å². The highest BCUT2D eigenvalue weighted by atomic mass is 19.1. The largest absolute Gasteiger partial charge is 0.494 e. The van der Waals surface area contributed by atoms with Crippen LogP contribution >= 0.6 is 0 Å². The summed E-state index contributed by atoms with van der Waals surface area (Å²) in [4.78, 5) is 11.9. The molecule has 0 atom stereocenters. The van der Waals surface area contributed by atoms with Gasteiger partial charge in [-0.25, -0.2) is 4.39 Å². The first-order valence-electron chi connectivity index (χ1n) is 7.29. The van der Waals surface area contributed by atoms with Crippen molar-refractivity contribution in [2.24, 2.45) is 0 Å². The van der Waals surface area contributed by atoms with E-state index >= 15 is 0 Å². The van der Waals surface area contributed by atoms with Crippen LogP contribution in [0, 0.1) is 5.82 Å². The van der Waals surface area contributed by atoms with Gasteiger partial charge in [0.05, 0.1) is 13.5 Å². The highest BCUT2D eigenvalue weighted by molar-refractivity contribution is 5.78. The molecule has 0 aliphatic heterocycles. The van der Waals surface area contributed by atoms with Gasteiger partial charge in [0.25, 0.3) is 0 Å². The molecule has 4 heteroatoms. The highest BCUT2D eigenvalue weighted by Gasteiger charge is 2.07. The molecule has 0 unspecified atom stereocenters. The summed E-state index contributed by atoms with van der Waals surface area (Å²) >= 11 is 0. The maximum absolute atomic E-state index is 13.6. The number of carbonyl (C=O) groups is 1. The standard InChI is InChI=1S/C18H20FNO2/c1-3-13-4-6-14(7-5-13)12-20-18(21)11-15-8-9-17(22-2)16(19)10-15/h4-10H,3,11-12H2,1-2H3,(H,20,21). The molecule has 2 aromatic carbocycles. The molecular formula is C18H20FNO2. The van der Waals surface area contributed by atoms with Crippen LogP contribution in [0.25, 0.3) is 0 Å². The Kier molecular flexibility index (Phi) is 5.53. The van der Waals surface area contributed by atoms with Crippen molar-refractivity contribution in [3.05, 3.63) is 65.0 Å². The summed E-state index contributed by atoms with van der Waals surface area (Å²) in [5, 5.41) is 2.84. The number of halogens is 1. The van der Waals surface area contributed by atoms with Gasteiger partial charge in [0, 0.05) is 6.54 Å². The Balaban J connectivity index is 1.88. The molecule has 0 spiro atoms. The number of hydrogen-bond acceptors (Lipinski definition) is 2. The SMILES string of the molecule is CCc1ccc(CNC(=O)Cc2ccc(OC)c(F)c2)cc1. The van der Waals surface area contributed by atoms with E-state index in [2.05, 4.69) is 24.4 Å². The van der Waals surface area contributed by atoms with Gasteiger partial charge < -0.3 is 10.1 Å². The van der Waals surface area contributed by atoms with Crippen molar-refractivity contribution in [3.63, 3.8) is 0 Å². The summed E-state index contributed by atoms with van der Waals surface area (Å²) in [7, 11) is 1.41. The van der Waals surface area contributed by atoms with Crippen LogP contribution in [0.4, 0.5) is 4.39 Å². The minimum absolute atomic E-state index is 0.135. The van der Waals surface area contributed by atoms with Crippen LogP contribution in [0.1, 0.15) is 23.6 Å². The van der Waals surface area contributed by atoms with Crippen molar-refractivity contribution in [1.29, 1.82) is 0 Å². The van der Waals surface area contributed by atoms with Crippen molar-refractivity contribution in [2.45, 2.75) is 26.3 Å². The molecule has 0 aliphatic rings. The van der Waals surface area contributed by atoms with Gasteiger partial charge in [0.2, 0.25) is 5.91 Å². The minimum Gasteiger partial charge on any atom is -0.494 e. The summed E-state index contributed by atoms with van der Waals surface area (Å²) in [6.45, 7) is 2.58. The summed E-state index contributed by atoms with van der Waals surface area (Å²) in [6.07, 6.45) is 1.14. The van der Waals surface area contributed by atoms with Crippen LogP contribution in [0.5, 0.6) is 5.75 Å². The van der Waals surface area contributed by atoms with Crippen LogP contribution in [0.15, 0.2) is 42.5 Å². The zero-order chi connectivity index (χ0) is 15.9. The van der Waals surface area contributed by atoms with Crippen LogP contribution < -0.4 is 10.1 Å². The molecule has 22 heavy (non-hydrogen) atoms. The molecule has 1 N–H and O–H groups in total. The maximum atomic E-state index is 13.6. The predicted octanol–water partition coefficient (Wildman–Crippen LogP) is 3.26. The van der Waals surface area contributed by atoms with E-state index in [-0.39, 0.29) is 18.1 Å². The predicted molar refractivity (Wildman–Crippen MR) is 84.3 cm³/mol. The summed E-state index contributed by atoms with van der Waals surface area (Å²) in [6, 6.07) is 12.7. The number of rotatable bonds is 6. The molecule has 2 aromatic rings. The van der Waals surface area contributed by atoms with Crippen LogP contribution in [0.3, 0.4) is 0 Å². The van der Waals surface area contributed by atoms with Crippen molar-refractivity contribution < 1.29 is 13.9 Å². The number of nitrogens with one attached hydrogen (secondary N) is 1. The third-order valence-corrected chi connectivity index (χ3v) is 3.50. The molecule has 2 rings (SSSR count). The normalized spacial score (nSPS) is 10.3. The third kappa shape index (κ3) is 4.32. The van der Waals surface area contributed by atoms with Gasteiger partial charge in [-0.3, -0.25) is 4.79 Å². The van der Waals surface area contributed by atoms with E-state index in [0.29, 0.717) is 12.1 Å². The lowest BCUT2D eigenvalue weighted by Gasteiger charge is -2.07. The first kappa shape index (κ1) is 16.0. The van der Waals surface area contributed by atoms with Crippen LogP contribution in [0.2, 0.25) is 0 Å². The molecule has 0 saturated heterocycles. The number of benzene rings is 2. The second-order valence-corrected chi connectivity index (χ2v) is 5.09. The quantitative estimate of drug-likeness (QED) is 0.889. The summed E-state index contributed by atoms with van der Waals surface area (Å²) in [5.74, 6) is -0.410. The monoisotopic (exact) mass is 301 g/mol. The van der Waals surface area contributed by atoms with E-state index in [9.17, 15) is 9.18 Å². The first-order chi connectivity index (χ1) is 10.6. The Morgan fingerprint density at radius 3 is 2.32 bits per heavy atom. The lowest BCUT2D eigenvalue weighted by molar-refractivity contribution is -0.120. The van der Waals surface area contributed by atoms with E-state index in [1.54, 1.807) is 6.07 Å². The van der Waals surface area contributed by atoms with Gasteiger partial charge in [0.15, 0.2) is 11.6 Å². The fraction of sp³-hybridized carbons (Fsp3) is 0.278. The van der Waals surface area contributed by atoms with Gasteiger partial charge in [-0.2, -0.15) is 0 Å². The van der Waals surface area contributed by atoms with Crippen molar-refractivity contribution in [3.8, 4) is 5.75 Å². The van der Waals surface area contributed by atoms with Crippen molar-refractivity contribution in [2.75, 3.05) is 7.11 Å². The molecule has 0 bridgehead atoms.